The molecule has 9 heteroatoms. The van der Waals surface area contributed by atoms with Gasteiger partial charge in [-0.2, -0.15) is 11.8 Å². The molecule has 138 valence electrons. The third-order valence-corrected chi connectivity index (χ3v) is 6.04. The molecule has 26 heavy (non-hydrogen) atoms. The second-order valence-corrected chi connectivity index (χ2v) is 7.89. The van der Waals surface area contributed by atoms with Gasteiger partial charge in [0.1, 0.15) is 12.3 Å². The predicted octanol–water partition coefficient (Wildman–Crippen LogP) is 1.32. The van der Waals surface area contributed by atoms with Crippen molar-refractivity contribution in [1.82, 2.24) is 10.2 Å². The number of nitrogens with zero attached hydrogens (tertiary/aromatic N) is 1. The van der Waals surface area contributed by atoms with Gasteiger partial charge in [0, 0.05) is 11.5 Å². The van der Waals surface area contributed by atoms with Crippen LogP contribution < -0.4 is 10.1 Å². The maximum Gasteiger partial charge on any atom is 0.294 e. The number of carbonyl (C=O) groups excluding carboxylic acids is 3. The van der Waals surface area contributed by atoms with E-state index in [9.17, 15) is 19.5 Å². The van der Waals surface area contributed by atoms with Crippen LogP contribution in [0.15, 0.2) is 29.2 Å². The Labute approximate surface area is 159 Å². The minimum Gasteiger partial charge on any atom is -0.497 e. The van der Waals surface area contributed by atoms with Crippen LogP contribution in [0, 0.1) is 0 Å². The van der Waals surface area contributed by atoms with Gasteiger partial charge in [0.25, 0.3) is 11.1 Å². The van der Waals surface area contributed by atoms with Crippen molar-refractivity contribution in [2.45, 2.75) is 12.1 Å². The predicted molar refractivity (Wildman–Crippen MR) is 101 cm³/mol. The second-order valence-electron chi connectivity index (χ2n) is 5.82. The van der Waals surface area contributed by atoms with Crippen molar-refractivity contribution in [2.75, 3.05) is 25.2 Å². The van der Waals surface area contributed by atoms with Crippen LogP contribution in [0.25, 0.3) is 6.08 Å². The number of amides is 3. The van der Waals surface area contributed by atoms with Crippen molar-refractivity contribution >= 4 is 46.7 Å². The zero-order valence-electron chi connectivity index (χ0n) is 14.0. The standard InChI is InChI=1S/C17H18N2O5S2/c1-24-11-4-2-3-10(5-11)6-14-16(22)19(17(23)26-14)7-15(21)18-12-8-25-9-13(12)20/h2-6,12-13,20H,7-9H2,1H3,(H,18,21)/b14-6-/t12-,13-/m1/s1. The molecule has 0 bridgehead atoms. The topological polar surface area (TPSA) is 95.9 Å². The van der Waals surface area contributed by atoms with E-state index in [0.29, 0.717) is 17.3 Å². The van der Waals surface area contributed by atoms with Gasteiger partial charge in [-0.1, -0.05) is 12.1 Å². The first-order valence-corrected chi connectivity index (χ1v) is 9.89. The van der Waals surface area contributed by atoms with E-state index in [1.807, 2.05) is 0 Å². The number of rotatable bonds is 5. The molecule has 1 aromatic rings. The molecule has 2 fully saturated rings. The van der Waals surface area contributed by atoms with Gasteiger partial charge in [-0.3, -0.25) is 19.3 Å². The quantitative estimate of drug-likeness (QED) is 0.727. The monoisotopic (exact) mass is 394 g/mol. The lowest BCUT2D eigenvalue weighted by molar-refractivity contribution is -0.129. The van der Waals surface area contributed by atoms with Crippen LogP contribution in [0.2, 0.25) is 0 Å². The molecular weight excluding hydrogens is 376 g/mol. The largest absolute Gasteiger partial charge is 0.497 e. The highest BCUT2D eigenvalue weighted by atomic mass is 32.2. The number of methoxy groups -OCH3 is 1. The third-order valence-electron chi connectivity index (χ3n) is 3.96. The van der Waals surface area contributed by atoms with Gasteiger partial charge >= 0.3 is 0 Å². The summed E-state index contributed by atoms with van der Waals surface area (Å²) in [6.45, 7) is -0.353. The van der Waals surface area contributed by atoms with Gasteiger partial charge in [0.05, 0.1) is 24.2 Å². The Morgan fingerprint density at radius 1 is 1.42 bits per heavy atom. The zero-order valence-corrected chi connectivity index (χ0v) is 15.6. The molecule has 7 nitrogen and oxygen atoms in total. The molecule has 2 aliphatic heterocycles. The van der Waals surface area contributed by atoms with Crippen LogP contribution in [0.4, 0.5) is 4.79 Å². The van der Waals surface area contributed by atoms with E-state index in [0.717, 1.165) is 22.2 Å². The lowest BCUT2D eigenvalue weighted by atomic mass is 10.2. The molecular formula is C17H18N2O5S2. The number of aliphatic hydroxyl groups is 1. The number of benzene rings is 1. The van der Waals surface area contributed by atoms with Gasteiger partial charge in [-0.25, -0.2) is 0 Å². The maximum absolute atomic E-state index is 12.5. The van der Waals surface area contributed by atoms with E-state index >= 15 is 0 Å². The lowest BCUT2D eigenvalue weighted by Gasteiger charge is -2.18. The summed E-state index contributed by atoms with van der Waals surface area (Å²) in [5.74, 6) is 0.867. The summed E-state index contributed by atoms with van der Waals surface area (Å²) in [4.78, 5) is 37.9. The number of thioether (sulfide) groups is 2. The molecule has 3 amide bonds. The molecule has 2 atom stereocenters. The molecule has 0 spiro atoms. The van der Waals surface area contributed by atoms with Crippen molar-refractivity contribution in [2.24, 2.45) is 0 Å². The average Bonchev–Trinajstić information content (AvgIpc) is 3.13. The van der Waals surface area contributed by atoms with Crippen molar-refractivity contribution in [3.8, 4) is 5.75 Å². The Kier molecular flexibility index (Phi) is 5.90. The smallest absolute Gasteiger partial charge is 0.294 e. The van der Waals surface area contributed by atoms with E-state index in [1.54, 1.807) is 49.2 Å². The summed E-state index contributed by atoms with van der Waals surface area (Å²) in [5, 5.41) is 11.9. The van der Waals surface area contributed by atoms with Crippen molar-refractivity contribution in [1.29, 1.82) is 0 Å². The third kappa shape index (κ3) is 4.22. The minimum absolute atomic E-state index is 0.257. The molecule has 2 aliphatic rings. The van der Waals surface area contributed by atoms with Crippen LogP contribution >= 0.6 is 23.5 Å². The van der Waals surface area contributed by atoms with E-state index in [-0.39, 0.29) is 17.5 Å². The first-order valence-electron chi connectivity index (χ1n) is 7.92. The van der Waals surface area contributed by atoms with Crippen LogP contribution in [0.5, 0.6) is 5.75 Å². The molecule has 0 unspecified atom stereocenters. The van der Waals surface area contributed by atoms with Gasteiger partial charge in [0.2, 0.25) is 5.91 Å². The SMILES string of the molecule is COc1cccc(/C=C2\SC(=O)N(CC(=O)N[C@@H]3CSC[C@H]3O)C2=O)c1. The highest BCUT2D eigenvalue weighted by molar-refractivity contribution is 8.18. The van der Waals surface area contributed by atoms with Gasteiger partial charge in [-0.05, 0) is 35.5 Å². The number of carbonyl (C=O) groups is 3. The minimum atomic E-state index is -0.605. The number of aliphatic hydroxyl groups excluding tert-OH is 1. The normalized spacial score (nSPS) is 24.4. The van der Waals surface area contributed by atoms with E-state index < -0.39 is 23.2 Å². The number of hydrogen-bond donors (Lipinski definition) is 2. The fraction of sp³-hybridized carbons (Fsp3) is 0.353. The number of nitrogens with one attached hydrogen (secondary N) is 1. The van der Waals surface area contributed by atoms with Crippen LogP contribution in [-0.2, 0) is 9.59 Å². The first kappa shape index (κ1) is 18.8. The molecule has 2 saturated heterocycles. The lowest BCUT2D eigenvalue weighted by Crippen LogP contribution is -2.47. The molecule has 0 saturated carbocycles. The van der Waals surface area contributed by atoms with Crippen molar-refractivity contribution in [3.05, 3.63) is 34.7 Å². The van der Waals surface area contributed by atoms with E-state index in [4.69, 9.17) is 4.74 Å². The number of imide groups is 1. The highest BCUT2D eigenvalue weighted by Crippen LogP contribution is 2.32. The van der Waals surface area contributed by atoms with Crippen LogP contribution in [-0.4, -0.2) is 64.4 Å². The van der Waals surface area contributed by atoms with Gasteiger partial charge in [-0.15, -0.1) is 0 Å². The molecule has 0 aromatic heterocycles. The molecule has 2 N–H and O–H groups in total. The Balaban J connectivity index is 1.66. The average molecular weight is 394 g/mol. The molecule has 0 aliphatic carbocycles. The Morgan fingerprint density at radius 2 is 2.23 bits per heavy atom. The summed E-state index contributed by atoms with van der Waals surface area (Å²) in [5.41, 5.74) is 0.727. The number of ether oxygens (including phenoxy) is 1. The molecule has 3 rings (SSSR count). The van der Waals surface area contributed by atoms with Crippen LogP contribution in [0.1, 0.15) is 5.56 Å². The fourth-order valence-corrected chi connectivity index (χ4v) is 4.60. The highest BCUT2D eigenvalue weighted by Gasteiger charge is 2.37. The summed E-state index contributed by atoms with van der Waals surface area (Å²) in [6.07, 6.45) is 0.995. The van der Waals surface area contributed by atoms with Gasteiger partial charge in [0.15, 0.2) is 0 Å². The molecule has 1 aromatic carbocycles. The molecule has 0 radical (unpaired) electrons. The summed E-state index contributed by atoms with van der Waals surface area (Å²) >= 11 is 2.34. The van der Waals surface area contributed by atoms with Crippen molar-refractivity contribution < 1.29 is 24.2 Å². The maximum atomic E-state index is 12.5. The molecule has 2 heterocycles. The Bertz CT molecular complexity index is 767. The zero-order chi connectivity index (χ0) is 18.7. The Morgan fingerprint density at radius 3 is 2.92 bits per heavy atom. The summed E-state index contributed by atoms with van der Waals surface area (Å²) < 4.78 is 5.14. The van der Waals surface area contributed by atoms with E-state index in [1.165, 1.54) is 0 Å². The number of hydrogen-bond acceptors (Lipinski definition) is 7. The van der Waals surface area contributed by atoms with Crippen LogP contribution in [0.3, 0.4) is 0 Å². The van der Waals surface area contributed by atoms with Crippen molar-refractivity contribution in [3.63, 3.8) is 0 Å². The summed E-state index contributed by atoms with van der Waals surface area (Å²) in [6, 6.07) is 6.76. The first-order chi connectivity index (χ1) is 12.5. The fourth-order valence-electron chi connectivity index (χ4n) is 2.60. The second kappa shape index (κ2) is 8.15. The van der Waals surface area contributed by atoms with E-state index in [2.05, 4.69) is 5.32 Å². The Hall–Kier alpha value is -1.97. The van der Waals surface area contributed by atoms with Gasteiger partial charge < -0.3 is 15.2 Å². The summed E-state index contributed by atoms with van der Waals surface area (Å²) in [7, 11) is 1.55.